The van der Waals surface area contributed by atoms with Crippen molar-refractivity contribution in [1.82, 2.24) is 0 Å². The van der Waals surface area contributed by atoms with Crippen LogP contribution in [-0.2, 0) is 19.1 Å². The zero-order valence-corrected chi connectivity index (χ0v) is 13.9. The number of benzene rings is 2. The summed E-state index contributed by atoms with van der Waals surface area (Å²) < 4.78 is 28.7. The van der Waals surface area contributed by atoms with E-state index in [9.17, 15) is 23.3 Å². The summed E-state index contributed by atoms with van der Waals surface area (Å²) in [6.07, 6.45) is -0.377. The van der Waals surface area contributed by atoms with E-state index in [-0.39, 0.29) is 11.3 Å². The minimum absolute atomic E-state index is 0.0543. The van der Waals surface area contributed by atoms with Crippen LogP contribution in [0.4, 0.5) is 5.69 Å². The van der Waals surface area contributed by atoms with Crippen LogP contribution in [0.1, 0.15) is 6.42 Å². The number of amides is 1. The number of rotatable bonds is 8. The fraction of sp³-hybridized carbons (Fsp3) is 0.188. The van der Waals surface area contributed by atoms with E-state index in [1.54, 1.807) is 36.4 Å². The summed E-state index contributed by atoms with van der Waals surface area (Å²) in [5.41, 5.74) is 0.414. The van der Waals surface area contributed by atoms with Gasteiger partial charge < -0.3 is 5.32 Å². The minimum Gasteiger partial charge on any atom is -0.320 e. The molecule has 0 bridgehead atoms. The Kier molecular flexibility index (Phi) is 6.20. The first-order chi connectivity index (χ1) is 11.9. The molecular weight excluding hydrogens is 348 g/mol. The highest BCUT2D eigenvalue weighted by Gasteiger charge is 2.30. The van der Waals surface area contributed by atoms with Crippen molar-refractivity contribution in [2.75, 3.05) is 11.9 Å². The van der Waals surface area contributed by atoms with Gasteiger partial charge >= 0.3 is 0 Å². The zero-order chi connectivity index (χ0) is 18.3. The van der Waals surface area contributed by atoms with Crippen LogP contribution in [0.3, 0.4) is 0 Å². The minimum atomic E-state index is -4.02. The van der Waals surface area contributed by atoms with Gasteiger partial charge in [-0.3, -0.25) is 19.1 Å². The second kappa shape index (κ2) is 8.36. The molecule has 0 saturated carbocycles. The average molecular weight is 364 g/mol. The van der Waals surface area contributed by atoms with E-state index < -0.39 is 33.6 Å². The molecule has 1 atom stereocenters. The Bertz CT molecular complexity index is 824. The molecule has 0 aliphatic carbocycles. The van der Waals surface area contributed by atoms with Gasteiger partial charge in [-0.05, 0) is 24.3 Å². The van der Waals surface area contributed by atoms with E-state index in [4.69, 9.17) is 4.18 Å². The van der Waals surface area contributed by atoms with E-state index in [1.807, 2.05) is 0 Å². The zero-order valence-electron chi connectivity index (χ0n) is 13.1. The smallest absolute Gasteiger partial charge is 0.299 e. The second-order valence-electron chi connectivity index (χ2n) is 5.03. The number of carbonyl (C=O) groups excluding carboxylic acids is 1. The Balaban J connectivity index is 1.96. The number of hydrogen-bond donors (Lipinski definition) is 1. The van der Waals surface area contributed by atoms with Gasteiger partial charge in [-0.1, -0.05) is 36.4 Å². The third-order valence-electron chi connectivity index (χ3n) is 3.26. The summed E-state index contributed by atoms with van der Waals surface area (Å²) in [7, 11) is -4.02. The lowest BCUT2D eigenvalue weighted by Crippen LogP contribution is -2.35. The molecule has 2 aromatic carbocycles. The maximum absolute atomic E-state index is 12.0. The predicted molar refractivity (Wildman–Crippen MR) is 90.1 cm³/mol. The van der Waals surface area contributed by atoms with Gasteiger partial charge in [0.15, 0.2) is 0 Å². The van der Waals surface area contributed by atoms with Gasteiger partial charge in [0.25, 0.3) is 22.1 Å². The highest BCUT2D eigenvalue weighted by atomic mass is 32.2. The molecule has 0 saturated heterocycles. The molecule has 0 aliphatic rings. The fourth-order valence-electron chi connectivity index (χ4n) is 2.00. The quantitative estimate of drug-likeness (QED) is 0.435. The van der Waals surface area contributed by atoms with Crippen molar-refractivity contribution in [3.05, 3.63) is 70.8 Å². The molecular formula is C16H16N2O6S. The van der Waals surface area contributed by atoms with Gasteiger partial charge in [-0.25, -0.2) is 0 Å². The largest absolute Gasteiger partial charge is 0.320 e. The molecule has 8 nitrogen and oxygen atoms in total. The van der Waals surface area contributed by atoms with Crippen molar-refractivity contribution in [2.24, 2.45) is 0 Å². The Hall–Kier alpha value is -2.78. The second-order valence-corrected chi connectivity index (χ2v) is 6.65. The molecule has 25 heavy (non-hydrogen) atoms. The number of anilines is 1. The first-order valence-electron chi connectivity index (χ1n) is 7.34. The van der Waals surface area contributed by atoms with Crippen molar-refractivity contribution in [3.63, 3.8) is 0 Å². The van der Waals surface area contributed by atoms with Crippen molar-refractivity contribution in [2.45, 2.75) is 17.4 Å². The van der Waals surface area contributed by atoms with Gasteiger partial charge in [0.2, 0.25) is 0 Å². The highest BCUT2D eigenvalue weighted by molar-refractivity contribution is 7.86. The van der Waals surface area contributed by atoms with E-state index in [2.05, 4.69) is 5.32 Å². The molecule has 1 N–H and O–H groups in total. The Labute approximate surface area is 144 Å². The van der Waals surface area contributed by atoms with Crippen LogP contribution < -0.4 is 5.32 Å². The lowest BCUT2D eigenvalue weighted by molar-refractivity contribution is -0.508. The highest BCUT2D eigenvalue weighted by Crippen LogP contribution is 2.13. The first-order valence-corrected chi connectivity index (χ1v) is 8.75. The van der Waals surface area contributed by atoms with Crippen LogP contribution in [0.5, 0.6) is 0 Å². The Morgan fingerprint density at radius 3 is 2.20 bits per heavy atom. The summed E-state index contributed by atoms with van der Waals surface area (Å²) >= 11 is 0. The third-order valence-corrected chi connectivity index (χ3v) is 4.59. The number of carbonyl (C=O) groups is 1. The van der Waals surface area contributed by atoms with Gasteiger partial charge in [-0.2, -0.15) is 8.42 Å². The molecule has 1 unspecified atom stereocenters. The molecule has 2 rings (SSSR count). The van der Waals surface area contributed by atoms with Crippen LogP contribution in [0.2, 0.25) is 0 Å². The number of nitro groups is 1. The molecule has 0 radical (unpaired) electrons. The van der Waals surface area contributed by atoms with Crippen molar-refractivity contribution < 1.29 is 22.3 Å². The Morgan fingerprint density at radius 1 is 1.08 bits per heavy atom. The molecule has 0 aliphatic heterocycles. The third kappa shape index (κ3) is 5.37. The maximum Gasteiger partial charge on any atom is 0.299 e. The van der Waals surface area contributed by atoms with E-state index in [0.717, 1.165) is 0 Å². The summed E-state index contributed by atoms with van der Waals surface area (Å²) in [4.78, 5) is 22.3. The molecule has 0 aromatic heterocycles. The van der Waals surface area contributed by atoms with Gasteiger partial charge in [0.1, 0.15) is 0 Å². The first kappa shape index (κ1) is 18.6. The van der Waals surface area contributed by atoms with Gasteiger partial charge in [0, 0.05) is 17.0 Å². The number of nitrogens with one attached hydrogen (secondary N) is 1. The SMILES string of the molecule is O=C(Nc1ccccc1)C(CCOS(=O)(=O)c1ccccc1)[N+](=O)[O-]. The van der Waals surface area contributed by atoms with Crippen molar-refractivity contribution in [1.29, 1.82) is 0 Å². The van der Waals surface area contributed by atoms with Crippen LogP contribution in [0.15, 0.2) is 65.6 Å². The maximum atomic E-state index is 12.0. The summed E-state index contributed by atoms with van der Waals surface area (Å²) in [6.45, 7) is -0.481. The van der Waals surface area contributed by atoms with E-state index in [1.165, 1.54) is 24.3 Å². The number of hydrogen-bond acceptors (Lipinski definition) is 6. The fourth-order valence-corrected chi connectivity index (χ4v) is 2.95. The van der Waals surface area contributed by atoms with Crippen molar-refractivity contribution >= 4 is 21.7 Å². The number of nitrogens with zero attached hydrogens (tertiary/aromatic N) is 1. The molecule has 132 valence electrons. The standard InChI is InChI=1S/C16H16N2O6S/c19-16(17-13-7-3-1-4-8-13)15(18(20)21)11-12-24-25(22,23)14-9-5-2-6-10-14/h1-10,15H,11-12H2,(H,17,19). The van der Waals surface area contributed by atoms with Gasteiger partial charge in [-0.15, -0.1) is 0 Å². The van der Waals surface area contributed by atoms with Crippen LogP contribution in [0.25, 0.3) is 0 Å². The van der Waals surface area contributed by atoms with E-state index in [0.29, 0.717) is 5.69 Å². The summed E-state index contributed by atoms with van der Waals surface area (Å²) in [5.74, 6) is -0.836. The molecule has 0 fully saturated rings. The summed E-state index contributed by atoms with van der Waals surface area (Å²) in [6, 6.07) is 14.1. The Morgan fingerprint density at radius 2 is 1.64 bits per heavy atom. The monoisotopic (exact) mass is 364 g/mol. The van der Waals surface area contributed by atoms with Gasteiger partial charge in [0.05, 0.1) is 11.5 Å². The number of para-hydroxylation sites is 1. The topological polar surface area (TPSA) is 116 Å². The van der Waals surface area contributed by atoms with Crippen LogP contribution in [-0.4, -0.2) is 31.9 Å². The average Bonchev–Trinajstić information content (AvgIpc) is 2.60. The van der Waals surface area contributed by atoms with Crippen molar-refractivity contribution in [3.8, 4) is 0 Å². The molecule has 0 spiro atoms. The summed E-state index contributed by atoms with van der Waals surface area (Å²) in [5, 5.41) is 13.5. The molecule has 2 aromatic rings. The van der Waals surface area contributed by atoms with Crippen LogP contribution in [0, 0.1) is 10.1 Å². The lowest BCUT2D eigenvalue weighted by Gasteiger charge is -2.11. The normalized spacial score (nSPS) is 12.3. The molecule has 9 heteroatoms. The molecule has 0 heterocycles. The van der Waals surface area contributed by atoms with Crippen LogP contribution >= 0.6 is 0 Å². The predicted octanol–water partition coefficient (Wildman–Crippen LogP) is 2.07. The molecule has 1 amide bonds. The lowest BCUT2D eigenvalue weighted by atomic mass is 10.2. The van der Waals surface area contributed by atoms with E-state index >= 15 is 0 Å².